The van der Waals surface area contributed by atoms with E-state index in [1.54, 1.807) is 6.08 Å². The van der Waals surface area contributed by atoms with Crippen molar-refractivity contribution in [3.63, 3.8) is 0 Å². The van der Waals surface area contributed by atoms with E-state index in [9.17, 15) is 4.79 Å². The van der Waals surface area contributed by atoms with Crippen molar-refractivity contribution in [2.45, 2.75) is 0 Å². The van der Waals surface area contributed by atoms with Crippen molar-refractivity contribution in [1.29, 1.82) is 0 Å². The van der Waals surface area contributed by atoms with Crippen LogP contribution in [0.15, 0.2) is 24.8 Å². The molecule has 0 N–H and O–H groups in total. The number of ether oxygens (including phenoxy) is 1. The van der Waals surface area contributed by atoms with E-state index >= 15 is 0 Å². The Balaban J connectivity index is 3.03. The van der Waals surface area contributed by atoms with Gasteiger partial charge in [-0.05, 0) is 79.9 Å². The molecule has 1 aromatic rings. The molecule has 0 spiro atoms. The molecule has 0 saturated carbocycles. The Hall–Kier alpha value is 0.620. The second-order valence-corrected chi connectivity index (χ2v) is 6.20. The summed E-state index contributed by atoms with van der Waals surface area (Å²) >= 11 is 6.51. The number of rotatable bonds is 3. The van der Waals surface area contributed by atoms with Gasteiger partial charge in [0.2, 0.25) is 0 Å². The Morgan fingerprint density at radius 1 is 1.33 bits per heavy atom. The average Bonchev–Trinajstić information content (AvgIpc) is 2.12. The maximum absolute atomic E-state index is 11.7. The van der Waals surface area contributed by atoms with Crippen LogP contribution in [-0.2, 0) is 4.74 Å². The zero-order valence-corrected chi connectivity index (χ0v) is 14.1. The molecule has 1 aromatic carbocycles. The lowest BCUT2D eigenvalue weighted by molar-refractivity contribution is 0.0547. The van der Waals surface area contributed by atoms with Gasteiger partial charge in [-0.25, -0.2) is 4.79 Å². The Bertz CT molecular complexity index is 379. The van der Waals surface area contributed by atoms with Crippen LogP contribution in [0.5, 0.6) is 0 Å². The fraction of sp³-hybridized carbons (Fsp3) is 0.100. The van der Waals surface area contributed by atoms with Crippen LogP contribution in [0.2, 0.25) is 0 Å². The quantitative estimate of drug-likeness (QED) is 0.331. The van der Waals surface area contributed by atoms with Crippen molar-refractivity contribution >= 4 is 73.7 Å². The van der Waals surface area contributed by atoms with E-state index in [0.717, 1.165) is 10.7 Å². The predicted molar refractivity (Wildman–Crippen MR) is 85.1 cm³/mol. The number of halogens is 3. The van der Waals surface area contributed by atoms with Crippen molar-refractivity contribution in [2.24, 2.45) is 0 Å². The molecule has 0 aliphatic rings. The minimum absolute atomic E-state index is 0.247. The van der Waals surface area contributed by atoms with Crippen molar-refractivity contribution in [2.75, 3.05) is 6.61 Å². The second kappa shape index (κ2) is 6.38. The van der Waals surface area contributed by atoms with Gasteiger partial charge >= 0.3 is 5.97 Å². The number of hydrogen-bond acceptors (Lipinski definition) is 2. The molecule has 1 rings (SSSR count). The smallest absolute Gasteiger partial charge is 0.340 e. The van der Waals surface area contributed by atoms with Crippen LogP contribution in [0.25, 0.3) is 0 Å². The molecule has 0 aliphatic heterocycles. The highest BCUT2D eigenvalue weighted by Crippen LogP contribution is 2.23. The summed E-state index contributed by atoms with van der Waals surface area (Å²) in [6.07, 6.45) is 1.56. The highest BCUT2D eigenvalue weighted by Gasteiger charge is 2.15. The van der Waals surface area contributed by atoms with Gasteiger partial charge in [0.25, 0.3) is 0 Å². The van der Waals surface area contributed by atoms with Gasteiger partial charge in [0.15, 0.2) is 0 Å². The molecule has 0 aromatic heterocycles. The first kappa shape index (κ1) is 13.7. The highest BCUT2D eigenvalue weighted by atomic mass is 127. The van der Waals surface area contributed by atoms with Crippen LogP contribution in [0.1, 0.15) is 10.4 Å². The van der Waals surface area contributed by atoms with Crippen molar-refractivity contribution < 1.29 is 9.53 Å². The van der Waals surface area contributed by atoms with Crippen LogP contribution < -0.4 is 0 Å². The highest BCUT2D eigenvalue weighted by molar-refractivity contribution is 14.1. The van der Waals surface area contributed by atoms with Crippen LogP contribution in [0.4, 0.5) is 0 Å². The molecule has 0 atom stereocenters. The maximum Gasteiger partial charge on any atom is 0.340 e. The maximum atomic E-state index is 11.7. The van der Waals surface area contributed by atoms with E-state index in [1.807, 2.05) is 12.1 Å². The fourth-order valence-corrected chi connectivity index (χ4v) is 4.97. The summed E-state index contributed by atoms with van der Waals surface area (Å²) < 4.78 is 7.95. The van der Waals surface area contributed by atoms with E-state index in [2.05, 4.69) is 74.4 Å². The molecule has 0 fully saturated rings. The van der Waals surface area contributed by atoms with Gasteiger partial charge in [-0.3, -0.25) is 0 Å². The molecular weight excluding hydrogens is 533 g/mol. The van der Waals surface area contributed by atoms with Gasteiger partial charge in [-0.1, -0.05) is 12.7 Å². The summed E-state index contributed by atoms with van der Waals surface area (Å²) in [5.41, 5.74) is 0.637. The van der Waals surface area contributed by atoms with Gasteiger partial charge in [0, 0.05) is 10.7 Å². The lowest BCUT2D eigenvalue weighted by atomic mass is 10.2. The molecular formula is C10H7I3O2. The number of hydrogen-bond donors (Lipinski definition) is 0. The normalized spacial score (nSPS) is 9.80. The average molecular weight is 540 g/mol. The van der Waals surface area contributed by atoms with Gasteiger partial charge in [0.05, 0.1) is 5.56 Å². The standard InChI is InChI=1S/C10H7I3O2/c1-2-3-15-10(14)9-7(12)4-6(11)5-8(9)13/h2,4-5H,1,3H2. The molecule has 5 heteroatoms. The zero-order valence-electron chi connectivity index (χ0n) is 7.60. The molecule has 0 aliphatic carbocycles. The van der Waals surface area contributed by atoms with Gasteiger partial charge < -0.3 is 4.74 Å². The summed E-state index contributed by atoms with van der Waals surface area (Å²) in [5, 5.41) is 0. The third-order valence-electron chi connectivity index (χ3n) is 1.54. The van der Waals surface area contributed by atoms with Crippen LogP contribution >= 0.6 is 67.8 Å². The molecule has 0 heterocycles. The Morgan fingerprint density at radius 3 is 2.33 bits per heavy atom. The fourth-order valence-electron chi connectivity index (χ4n) is 0.944. The molecule has 0 radical (unpaired) electrons. The van der Waals surface area contributed by atoms with E-state index in [-0.39, 0.29) is 12.6 Å². The van der Waals surface area contributed by atoms with E-state index < -0.39 is 0 Å². The third kappa shape index (κ3) is 3.84. The van der Waals surface area contributed by atoms with Gasteiger partial charge in [-0.2, -0.15) is 0 Å². The third-order valence-corrected chi connectivity index (χ3v) is 3.87. The zero-order chi connectivity index (χ0) is 11.4. The predicted octanol–water partition coefficient (Wildman–Crippen LogP) is 3.84. The molecule has 0 amide bonds. The summed E-state index contributed by atoms with van der Waals surface area (Å²) in [4.78, 5) is 11.7. The first-order valence-electron chi connectivity index (χ1n) is 3.99. The van der Waals surface area contributed by atoms with E-state index in [4.69, 9.17) is 4.74 Å². The SMILES string of the molecule is C=CCOC(=O)c1c(I)cc(I)cc1I. The lowest BCUT2D eigenvalue weighted by Gasteiger charge is -2.07. The monoisotopic (exact) mass is 540 g/mol. The van der Waals surface area contributed by atoms with Crippen LogP contribution in [0, 0.1) is 10.7 Å². The number of esters is 1. The van der Waals surface area contributed by atoms with Crippen molar-refractivity contribution in [1.82, 2.24) is 0 Å². The summed E-state index contributed by atoms with van der Waals surface area (Å²) in [7, 11) is 0. The van der Waals surface area contributed by atoms with Gasteiger partial charge in [-0.15, -0.1) is 0 Å². The Labute approximate surface area is 129 Å². The summed E-state index contributed by atoms with van der Waals surface area (Å²) in [6, 6.07) is 3.90. The molecule has 2 nitrogen and oxygen atoms in total. The van der Waals surface area contributed by atoms with Crippen molar-refractivity contribution in [3.8, 4) is 0 Å². The first-order valence-corrected chi connectivity index (χ1v) is 7.22. The lowest BCUT2D eigenvalue weighted by Crippen LogP contribution is -2.09. The number of benzene rings is 1. The Kier molecular flexibility index (Phi) is 5.82. The molecule has 15 heavy (non-hydrogen) atoms. The number of carbonyl (C=O) groups excluding carboxylic acids is 1. The molecule has 0 unspecified atom stereocenters. The number of carbonyl (C=O) groups is 1. The van der Waals surface area contributed by atoms with Crippen LogP contribution in [0.3, 0.4) is 0 Å². The molecule has 80 valence electrons. The van der Waals surface area contributed by atoms with Crippen LogP contribution in [-0.4, -0.2) is 12.6 Å². The van der Waals surface area contributed by atoms with Gasteiger partial charge in [0.1, 0.15) is 6.61 Å². The van der Waals surface area contributed by atoms with E-state index in [0.29, 0.717) is 5.56 Å². The summed E-state index contributed by atoms with van der Waals surface area (Å²) in [6.45, 7) is 3.75. The summed E-state index contributed by atoms with van der Waals surface area (Å²) in [5.74, 6) is -0.292. The molecule has 0 bridgehead atoms. The minimum Gasteiger partial charge on any atom is -0.458 e. The first-order chi connectivity index (χ1) is 7.06. The topological polar surface area (TPSA) is 26.3 Å². The second-order valence-electron chi connectivity index (χ2n) is 2.63. The largest absolute Gasteiger partial charge is 0.458 e. The van der Waals surface area contributed by atoms with E-state index in [1.165, 1.54) is 0 Å². The van der Waals surface area contributed by atoms with Crippen molar-refractivity contribution in [3.05, 3.63) is 41.1 Å². The Morgan fingerprint density at radius 2 is 1.87 bits per heavy atom. The minimum atomic E-state index is -0.292. The molecule has 0 saturated heterocycles.